The number of halogens is 1. The minimum Gasteiger partial charge on any atom is -0.496 e. The highest BCUT2D eigenvalue weighted by Crippen LogP contribution is 2.29. The lowest BCUT2D eigenvalue weighted by Gasteiger charge is -2.13. The van der Waals surface area contributed by atoms with Crippen molar-refractivity contribution in [1.82, 2.24) is 25.5 Å². The van der Waals surface area contributed by atoms with Crippen LogP contribution in [0.25, 0.3) is 5.69 Å². The van der Waals surface area contributed by atoms with Gasteiger partial charge in [-0.05, 0) is 48.0 Å². The van der Waals surface area contributed by atoms with Crippen LogP contribution in [-0.4, -0.2) is 39.3 Å². The number of hydrogen-bond acceptors (Lipinski definition) is 6. The molecule has 0 bridgehead atoms. The van der Waals surface area contributed by atoms with E-state index in [0.717, 1.165) is 11.3 Å². The van der Waals surface area contributed by atoms with Crippen LogP contribution in [0.4, 0.5) is 0 Å². The van der Waals surface area contributed by atoms with E-state index in [-0.39, 0.29) is 12.0 Å². The zero-order valence-electron chi connectivity index (χ0n) is 15.7. The summed E-state index contributed by atoms with van der Waals surface area (Å²) in [6.45, 7) is 4.30. The predicted molar refractivity (Wildman–Crippen MR) is 104 cm³/mol. The highest BCUT2D eigenvalue weighted by Gasteiger charge is 2.17. The molecule has 0 radical (unpaired) electrons. The first-order valence-corrected chi connectivity index (χ1v) is 9.00. The van der Waals surface area contributed by atoms with Crippen molar-refractivity contribution in [3.8, 4) is 17.2 Å². The Morgan fingerprint density at radius 1 is 1.25 bits per heavy atom. The van der Waals surface area contributed by atoms with Gasteiger partial charge in [-0.2, -0.15) is 4.68 Å². The first-order valence-electron chi connectivity index (χ1n) is 8.62. The van der Waals surface area contributed by atoms with E-state index in [2.05, 4.69) is 20.8 Å². The molecule has 2 aromatic carbocycles. The fourth-order valence-corrected chi connectivity index (χ4v) is 2.82. The molecular weight excluding hydrogens is 382 g/mol. The smallest absolute Gasteiger partial charge is 0.255 e. The van der Waals surface area contributed by atoms with E-state index in [9.17, 15) is 4.79 Å². The highest BCUT2D eigenvalue weighted by molar-refractivity contribution is 6.33. The molecule has 3 rings (SSSR count). The summed E-state index contributed by atoms with van der Waals surface area (Å²) in [5.41, 5.74) is 1.78. The number of amides is 1. The molecule has 8 nitrogen and oxygen atoms in total. The average Bonchev–Trinajstić information content (AvgIpc) is 3.21. The number of benzene rings is 2. The molecule has 0 fully saturated rings. The van der Waals surface area contributed by atoms with Gasteiger partial charge in [0.2, 0.25) is 0 Å². The number of methoxy groups -OCH3 is 1. The maximum absolute atomic E-state index is 12.6. The molecule has 9 heteroatoms. The van der Waals surface area contributed by atoms with E-state index in [0.29, 0.717) is 28.6 Å². The van der Waals surface area contributed by atoms with Crippen molar-refractivity contribution >= 4 is 17.5 Å². The molecule has 0 spiro atoms. The topological polar surface area (TPSA) is 91.2 Å². The maximum atomic E-state index is 12.6. The lowest BCUT2D eigenvalue weighted by Crippen LogP contribution is -2.23. The molecule has 0 unspecified atom stereocenters. The van der Waals surface area contributed by atoms with Gasteiger partial charge in [0.1, 0.15) is 17.8 Å². The Hall–Kier alpha value is -3.13. The quantitative estimate of drug-likeness (QED) is 0.654. The molecule has 0 saturated heterocycles. The van der Waals surface area contributed by atoms with Crippen molar-refractivity contribution in [1.29, 1.82) is 0 Å². The summed E-state index contributed by atoms with van der Waals surface area (Å²) < 4.78 is 12.4. The molecule has 0 aliphatic carbocycles. The third-order valence-corrected chi connectivity index (χ3v) is 4.16. The van der Waals surface area contributed by atoms with Crippen LogP contribution >= 0.6 is 11.6 Å². The van der Waals surface area contributed by atoms with Gasteiger partial charge in [-0.25, -0.2) is 0 Å². The number of hydrogen-bond donors (Lipinski definition) is 1. The minimum atomic E-state index is -0.301. The van der Waals surface area contributed by atoms with Gasteiger partial charge >= 0.3 is 0 Å². The summed E-state index contributed by atoms with van der Waals surface area (Å²) in [6, 6.07) is 10.7. The molecule has 1 amide bonds. The molecule has 0 saturated carbocycles. The predicted octanol–water partition coefficient (Wildman–Crippen LogP) is 3.04. The van der Waals surface area contributed by atoms with E-state index < -0.39 is 0 Å². The Morgan fingerprint density at radius 2 is 2.00 bits per heavy atom. The number of ether oxygens (including phenoxy) is 2. The zero-order chi connectivity index (χ0) is 20.1. The van der Waals surface area contributed by atoms with Crippen molar-refractivity contribution in [2.75, 3.05) is 7.11 Å². The molecule has 1 aromatic heterocycles. The van der Waals surface area contributed by atoms with Crippen molar-refractivity contribution in [3.63, 3.8) is 0 Å². The lowest BCUT2D eigenvalue weighted by atomic mass is 10.1. The molecule has 0 aliphatic heterocycles. The number of nitrogens with one attached hydrogen (secondary N) is 1. The number of nitrogens with zero attached hydrogens (tertiary/aromatic N) is 4. The van der Waals surface area contributed by atoms with E-state index in [4.69, 9.17) is 21.1 Å². The van der Waals surface area contributed by atoms with Crippen LogP contribution in [-0.2, 0) is 6.54 Å². The Balaban J connectivity index is 1.72. The van der Waals surface area contributed by atoms with Gasteiger partial charge in [0.05, 0.1) is 29.5 Å². The molecule has 3 aromatic rings. The summed E-state index contributed by atoms with van der Waals surface area (Å²) >= 11 is 6.30. The molecule has 1 heterocycles. The average molecular weight is 402 g/mol. The zero-order valence-corrected chi connectivity index (χ0v) is 16.5. The summed E-state index contributed by atoms with van der Waals surface area (Å²) in [6.07, 6.45) is 1.52. The van der Waals surface area contributed by atoms with Gasteiger partial charge in [-0.15, -0.1) is 5.10 Å². The number of rotatable bonds is 7. The standard InChI is InChI=1S/C19H20ClN5O3/c1-12(2)28-14-6-4-13(5-7-14)10-21-19(26)15-8-16(20)17(9-18(15)27-3)25-11-22-23-24-25/h4-9,11-12H,10H2,1-3H3,(H,21,26). The molecule has 28 heavy (non-hydrogen) atoms. The van der Waals surface area contributed by atoms with Crippen molar-refractivity contribution in [2.45, 2.75) is 26.5 Å². The van der Waals surface area contributed by atoms with Crippen LogP contribution in [0.3, 0.4) is 0 Å². The van der Waals surface area contributed by atoms with E-state index >= 15 is 0 Å². The number of tetrazole rings is 1. The molecule has 146 valence electrons. The molecule has 0 atom stereocenters. The van der Waals surface area contributed by atoms with Gasteiger partial charge in [0.15, 0.2) is 0 Å². The van der Waals surface area contributed by atoms with Gasteiger partial charge in [0.25, 0.3) is 5.91 Å². The minimum absolute atomic E-state index is 0.110. The number of carbonyl (C=O) groups is 1. The van der Waals surface area contributed by atoms with Crippen LogP contribution in [0.1, 0.15) is 29.8 Å². The van der Waals surface area contributed by atoms with E-state index in [1.54, 1.807) is 6.07 Å². The van der Waals surface area contributed by atoms with Crippen LogP contribution in [0.5, 0.6) is 11.5 Å². The van der Waals surface area contributed by atoms with Crippen molar-refractivity contribution in [3.05, 3.63) is 58.9 Å². The van der Waals surface area contributed by atoms with Crippen LogP contribution in [0.2, 0.25) is 5.02 Å². The van der Waals surface area contributed by atoms with Crippen LogP contribution in [0.15, 0.2) is 42.7 Å². The monoisotopic (exact) mass is 401 g/mol. The van der Waals surface area contributed by atoms with E-state index in [1.165, 1.54) is 24.2 Å². The van der Waals surface area contributed by atoms with Gasteiger partial charge in [-0.3, -0.25) is 4.79 Å². The Kier molecular flexibility index (Phi) is 6.10. The van der Waals surface area contributed by atoms with Gasteiger partial charge < -0.3 is 14.8 Å². The third-order valence-electron chi connectivity index (χ3n) is 3.86. The SMILES string of the molecule is COc1cc(-n2cnnn2)c(Cl)cc1C(=O)NCc1ccc(OC(C)C)cc1. The normalized spacial score (nSPS) is 10.8. The maximum Gasteiger partial charge on any atom is 0.255 e. The second kappa shape index (κ2) is 8.71. The fourth-order valence-electron chi connectivity index (χ4n) is 2.57. The van der Waals surface area contributed by atoms with E-state index in [1.807, 2.05) is 38.1 Å². The largest absolute Gasteiger partial charge is 0.496 e. The fraction of sp³-hybridized carbons (Fsp3) is 0.263. The lowest BCUT2D eigenvalue weighted by molar-refractivity contribution is 0.0948. The first kappa shape index (κ1) is 19.6. The molecule has 1 N–H and O–H groups in total. The second-order valence-electron chi connectivity index (χ2n) is 6.25. The number of carbonyl (C=O) groups excluding carboxylic acids is 1. The summed E-state index contributed by atoms with van der Waals surface area (Å²) in [5.74, 6) is 0.856. The third kappa shape index (κ3) is 4.58. The van der Waals surface area contributed by atoms with Crippen LogP contribution in [0, 0.1) is 0 Å². The Labute approximate surface area is 167 Å². The molecular formula is C19H20ClN5O3. The van der Waals surface area contributed by atoms with Crippen molar-refractivity contribution in [2.24, 2.45) is 0 Å². The Morgan fingerprint density at radius 3 is 2.61 bits per heavy atom. The Bertz CT molecular complexity index is 943. The number of aromatic nitrogens is 4. The van der Waals surface area contributed by atoms with Crippen LogP contribution < -0.4 is 14.8 Å². The first-order chi connectivity index (χ1) is 13.5. The van der Waals surface area contributed by atoms with Gasteiger partial charge in [-0.1, -0.05) is 23.7 Å². The second-order valence-corrected chi connectivity index (χ2v) is 6.66. The van der Waals surface area contributed by atoms with Crippen molar-refractivity contribution < 1.29 is 14.3 Å². The van der Waals surface area contributed by atoms with Gasteiger partial charge in [0, 0.05) is 12.6 Å². The summed E-state index contributed by atoms with van der Waals surface area (Å²) in [5, 5.41) is 14.2. The highest BCUT2D eigenvalue weighted by atomic mass is 35.5. The molecule has 0 aliphatic rings. The summed E-state index contributed by atoms with van der Waals surface area (Å²) in [4.78, 5) is 12.6. The summed E-state index contributed by atoms with van der Waals surface area (Å²) in [7, 11) is 1.48.